The molecular weight excluding hydrogens is 394 g/mol. The van der Waals surface area contributed by atoms with Crippen molar-refractivity contribution in [2.45, 2.75) is 57.3 Å². The second-order valence-electron chi connectivity index (χ2n) is 6.43. The highest BCUT2D eigenvalue weighted by Gasteiger charge is 2.44. The number of aliphatic hydroxyl groups excluding tert-OH is 4. The fraction of sp³-hybridized carbons (Fsp3) is 0.588. The largest absolute Gasteiger partial charge is 0.506 e. The molecule has 2 rings (SSSR count). The van der Waals surface area contributed by atoms with Crippen LogP contribution in [0.2, 0.25) is 0 Å². The summed E-state index contributed by atoms with van der Waals surface area (Å²) in [7, 11) is 0. The number of aromatic nitrogens is 1. The maximum atomic E-state index is 11.3. The minimum atomic E-state index is -1.70. The number of hydrogen-bond acceptors (Lipinski definition) is 11. The Morgan fingerprint density at radius 3 is 2.52 bits per heavy atom. The van der Waals surface area contributed by atoms with Crippen molar-refractivity contribution < 1.29 is 54.4 Å². The van der Waals surface area contributed by atoms with E-state index in [4.69, 9.17) is 19.3 Å². The van der Waals surface area contributed by atoms with E-state index >= 15 is 0 Å². The average Bonchev–Trinajstić information content (AvgIpc) is 2.67. The molecule has 0 amide bonds. The van der Waals surface area contributed by atoms with Crippen LogP contribution in [0.15, 0.2) is 6.20 Å². The molecule has 6 N–H and O–H groups in total. The predicted octanol–water partition coefficient (Wildman–Crippen LogP) is -2.07. The first kappa shape index (κ1) is 22.9. The SMILES string of the molecule is Cc1ncc(CO[C@@H]2O[C@H](COC(=O)CC(=O)O)[C@@H](O)[C@H](O)[C@H]2O)c(CO)c1O. The van der Waals surface area contributed by atoms with Crippen LogP contribution in [0.3, 0.4) is 0 Å². The van der Waals surface area contributed by atoms with E-state index in [2.05, 4.69) is 4.98 Å². The van der Waals surface area contributed by atoms with Gasteiger partial charge in [0.25, 0.3) is 0 Å². The number of pyridine rings is 1. The van der Waals surface area contributed by atoms with Crippen molar-refractivity contribution in [3.8, 4) is 5.75 Å². The number of carboxylic acid groups (broad SMARTS) is 1. The van der Waals surface area contributed by atoms with E-state index in [1.54, 1.807) is 6.92 Å². The number of ether oxygens (including phenoxy) is 3. The molecule has 1 saturated heterocycles. The van der Waals surface area contributed by atoms with Crippen LogP contribution in [0.5, 0.6) is 5.75 Å². The van der Waals surface area contributed by atoms with Gasteiger partial charge < -0.3 is 44.8 Å². The molecule has 162 valence electrons. The van der Waals surface area contributed by atoms with Crippen LogP contribution in [-0.2, 0) is 37.0 Å². The number of aromatic hydroxyl groups is 1. The molecule has 5 atom stereocenters. The second kappa shape index (κ2) is 9.91. The van der Waals surface area contributed by atoms with Crippen LogP contribution in [0.25, 0.3) is 0 Å². The van der Waals surface area contributed by atoms with Gasteiger partial charge in [-0.05, 0) is 6.92 Å². The number of aliphatic hydroxyl groups is 4. The van der Waals surface area contributed by atoms with E-state index in [1.165, 1.54) is 6.20 Å². The minimum absolute atomic E-state index is 0.169. The summed E-state index contributed by atoms with van der Waals surface area (Å²) in [5.41, 5.74) is 0.771. The zero-order valence-electron chi connectivity index (χ0n) is 15.5. The third-order valence-electron chi connectivity index (χ3n) is 4.36. The molecule has 1 aromatic heterocycles. The number of esters is 1. The standard InChI is InChI=1S/C17H23NO11/c1-7-13(23)9(4-19)8(3-18-7)5-28-17-16(26)15(25)14(24)10(29-17)6-27-12(22)2-11(20)21/h3,10,14-17,19,23-26H,2,4-6H2,1H3,(H,20,21)/t10-,14-,15+,16-,17-/m1/s1. The molecule has 2 heterocycles. The minimum Gasteiger partial charge on any atom is -0.506 e. The lowest BCUT2D eigenvalue weighted by Crippen LogP contribution is -2.59. The van der Waals surface area contributed by atoms with Gasteiger partial charge in [0.15, 0.2) is 6.29 Å². The van der Waals surface area contributed by atoms with Gasteiger partial charge in [0.2, 0.25) is 0 Å². The molecule has 0 spiro atoms. The molecule has 0 saturated carbocycles. The van der Waals surface area contributed by atoms with Crippen molar-refractivity contribution in [2.24, 2.45) is 0 Å². The van der Waals surface area contributed by atoms with Gasteiger partial charge in [-0.1, -0.05) is 0 Å². The smallest absolute Gasteiger partial charge is 0.317 e. The summed E-state index contributed by atoms with van der Waals surface area (Å²) in [6, 6.07) is 0. The van der Waals surface area contributed by atoms with Gasteiger partial charge in [0.1, 0.15) is 43.2 Å². The van der Waals surface area contributed by atoms with E-state index in [0.29, 0.717) is 11.3 Å². The maximum Gasteiger partial charge on any atom is 0.317 e. The van der Waals surface area contributed by atoms with Gasteiger partial charge in [-0.15, -0.1) is 0 Å². The van der Waals surface area contributed by atoms with Crippen molar-refractivity contribution in [1.29, 1.82) is 0 Å². The average molecular weight is 417 g/mol. The third-order valence-corrected chi connectivity index (χ3v) is 4.36. The van der Waals surface area contributed by atoms with Gasteiger partial charge in [-0.25, -0.2) is 0 Å². The maximum absolute atomic E-state index is 11.3. The summed E-state index contributed by atoms with van der Waals surface area (Å²) in [6.45, 7) is 0.199. The van der Waals surface area contributed by atoms with Crippen molar-refractivity contribution in [3.63, 3.8) is 0 Å². The second-order valence-corrected chi connectivity index (χ2v) is 6.43. The Bertz CT molecular complexity index is 740. The molecule has 1 fully saturated rings. The molecule has 0 aromatic carbocycles. The van der Waals surface area contributed by atoms with E-state index in [0.717, 1.165) is 0 Å². The number of carbonyl (C=O) groups excluding carboxylic acids is 1. The molecule has 29 heavy (non-hydrogen) atoms. The highest BCUT2D eigenvalue weighted by Crippen LogP contribution is 2.27. The van der Waals surface area contributed by atoms with Gasteiger partial charge in [0.05, 0.1) is 18.9 Å². The lowest BCUT2D eigenvalue weighted by Gasteiger charge is -2.40. The summed E-state index contributed by atoms with van der Waals surface area (Å²) in [4.78, 5) is 25.8. The van der Waals surface area contributed by atoms with Crippen molar-refractivity contribution in [3.05, 3.63) is 23.0 Å². The lowest BCUT2D eigenvalue weighted by molar-refractivity contribution is -0.304. The van der Waals surface area contributed by atoms with Crippen LogP contribution in [-0.4, -0.2) is 84.9 Å². The number of aryl methyl sites for hydroxylation is 1. The first-order valence-electron chi connectivity index (χ1n) is 8.61. The molecule has 0 unspecified atom stereocenters. The molecule has 12 nitrogen and oxygen atoms in total. The van der Waals surface area contributed by atoms with E-state index < -0.39 is 62.3 Å². The number of rotatable bonds is 8. The van der Waals surface area contributed by atoms with Crippen LogP contribution in [0.4, 0.5) is 0 Å². The Morgan fingerprint density at radius 1 is 1.21 bits per heavy atom. The third kappa shape index (κ3) is 5.59. The van der Waals surface area contributed by atoms with Crippen molar-refractivity contribution in [1.82, 2.24) is 4.98 Å². The van der Waals surface area contributed by atoms with Crippen molar-refractivity contribution >= 4 is 11.9 Å². The van der Waals surface area contributed by atoms with Gasteiger partial charge in [-0.2, -0.15) is 0 Å². The summed E-state index contributed by atoms with van der Waals surface area (Å²) in [5, 5.41) is 57.9. The van der Waals surface area contributed by atoms with E-state index in [1.807, 2.05) is 0 Å². The van der Waals surface area contributed by atoms with Crippen LogP contribution in [0.1, 0.15) is 23.2 Å². The fourth-order valence-electron chi connectivity index (χ4n) is 2.70. The molecule has 0 bridgehead atoms. The topological polar surface area (TPSA) is 196 Å². The first-order valence-corrected chi connectivity index (χ1v) is 8.61. The highest BCUT2D eigenvalue weighted by atomic mass is 16.7. The van der Waals surface area contributed by atoms with Gasteiger partial charge in [-0.3, -0.25) is 14.6 Å². The zero-order chi connectivity index (χ0) is 21.7. The number of aliphatic carboxylic acids is 1. The van der Waals surface area contributed by atoms with Crippen LogP contribution >= 0.6 is 0 Å². The molecule has 0 aliphatic carbocycles. The Hall–Kier alpha value is -2.35. The van der Waals surface area contributed by atoms with Crippen LogP contribution in [0, 0.1) is 6.92 Å². The predicted molar refractivity (Wildman–Crippen MR) is 91.2 cm³/mol. The number of carboxylic acids is 1. The summed E-state index contributed by atoms with van der Waals surface area (Å²) in [5.74, 6) is -2.68. The zero-order valence-corrected chi connectivity index (χ0v) is 15.5. The summed E-state index contributed by atoms with van der Waals surface area (Å²) >= 11 is 0. The van der Waals surface area contributed by atoms with E-state index in [-0.39, 0.29) is 17.9 Å². The molecule has 12 heteroatoms. The number of carbonyl (C=O) groups is 2. The molecule has 1 aliphatic heterocycles. The normalized spacial score (nSPS) is 26.9. The van der Waals surface area contributed by atoms with Gasteiger partial charge in [0, 0.05) is 17.3 Å². The monoisotopic (exact) mass is 417 g/mol. The molecule has 1 aromatic rings. The summed E-state index contributed by atoms with van der Waals surface area (Å²) < 4.78 is 15.4. The summed E-state index contributed by atoms with van der Waals surface area (Å²) in [6.07, 6.45) is -7.25. The van der Waals surface area contributed by atoms with Crippen molar-refractivity contribution in [2.75, 3.05) is 6.61 Å². The first-order chi connectivity index (χ1) is 13.6. The number of hydrogen-bond donors (Lipinski definition) is 6. The molecule has 1 aliphatic rings. The Kier molecular flexibility index (Phi) is 7.84. The highest BCUT2D eigenvalue weighted by molar-refractivity contribution is 5.90. The quantitative estimate of drug-likeness (QED) is 0.200. The number of nitrogens with zero attached hydrogens (tertiary/aromatic N) is 1. The fourth-order valence-corrected chi connectivity index (χ4v) is 2.70. The van der Waals surface area contributed by atoms with E-state index in [9.17, 15) is 35.1 Å². The Balaban J connectivity index is 2.03. The van der Waals surface area contributed by atoms with Crippen LogP contribution < -0.4 is 0 Å². The molecular formula is C17H23NO11. The molecule has 0 radical (unpaired) electrons. The Morgan fingerprint density at radius 2 is 1.90 bits per heavy atom. The Labute approximate surface area is 164 Å². The van der Waals surface area contributed by atoms with Gasteiger partial charge >= 0.3 is 11.9 Å². The lowest BCUT2D eigenvalue weighted by atomic mass is 9.99.